The quantitative estimate of drug-likeness (QED) is 0.710. The number of pyridine rings is 1. The minimum absolute atomic E-state index is 0.269. The smallest absolute Gasteiger partial charge is 0.347 e. The second-order valence-corrected chi connectivity index (χ2v) is 8.17. The lowest BCUT2D eigenvalue weighted by molar-refractivity contribution is 0.241. The SMILES string of the molecule is Cc1nc2c3c(nc(=O)n2C)N2C(C)CN(C)CC2CSc3c1Cl. The van der Waals surface area contributed by atoms with Crippen LogP contribution in [0, 0.1) is 6.92 Å². The molecule has 0 spiro atoms. The Hall–Kier alpha value is -1.31. The summed E-state index contributed by atoms with van der Waals surface area (Å²) in [7, 11) is 3.86. The molecule has 1 fully saturated rings. The summed E-state index contributed by atoms with van der Waals surface area (Å²) in [5.41, 5.74) is 1.15. The lowest BCUT2D eigenvalue weighted by atomic mass is 10.1. The van der Waals surface area contributed by atoms with E-state index in [-0.39, 0.29) is 11.7 Å². The molecular formula is C16H20ClN5OS. The number of piperazine rings is 1. The van der Waals surface area contributed by atoms with Gasteiger partial charge in [0.25, 0.3) is 0 Å². The zero-order valence-corrected chi connectivity index (χ0v) is 15.8. The molecule has 0 amide bonds. The van der Waals surface area contributed by atoms with Crippen LogP contribution in [0.2, 0.25) is 5.02 Å². The highest BCUT2D eigenvalue weighted by atomic mass is 35.5. The molecule has 2 aromatic rings. The highest BCUT2D eigenvalue weighted by Crippen LogP contribution is 2.43. The highest BCUT2D eigenvalue weighted by molar-refractivity contribution is 7.99. The van der Waals surface area contributed by atoms with E-state index in [2.05, 4.69) is 33.7 Å². The molecule has 128 valence electrons. The van der Waals surface area contributed by atoms with Crippen LogP contribution in [-0.2, 0) is 7.05 Å². The van der Waals surface area contributed by atoms with Crippen molar-refractivity contribution < 1.29 is 0 Å². The van der Waals surface area contributed by atoms with E-state index in [0.29, 0.717) is 16.7 Å². The third-order valence-corrected chi connectivity index (χ3v) is 6.73. The van der Waals surface area contributed by atoms with Crippen LogP contribution in [-0.4, -0.2) is 57.4 Å². The summed E-state index contributed by atoms with van der Waals surface area (Å²) in [6, 6.07) is 0.582. The molecule has 2 unspecified atom stereocenters. The Balaban J connectivity index is 2.08. The monoisotopic (exact) mass is 365 g/mol. The zero-order valence-electron chi connectivity index (χ0n) is 14.2. The van der Waals surface area contributed by atoms with Crippen molar-refractivity contribution in [2.45, 2.75) is 30.8 Å². The molecule has 4 heterocycles. The summed E-state index contributed by atoms with van der Waals surface area (Å²) >= 11 is 8.33. The van der Waals surface area contributed by atoms with Gasteiger partial charge in [0.1, 0.15) is 11.5 Å². The number of hydrogen-bond acceptors (Lipinski definition) is 6. The molecule has 4 rings (SSSR count). The topological polar surface area (TPSA) is 54.3 Å². The molecule has 0 aliphatic carbocycles. The number of hydrogen-bond donors (Lipinski definition) is 0. The van der Waals surface area contributed by atoms with E-state index in [9.17, 15) is 4.79 Å². The molecule has 1 saturated heterocycles. The fraction of sp³-hybridized carbons (Fsp3) is 0.562. The van der Waals surface area contributed by atoms with Crippen LogP contribution in [0.1, 0.15) is 12.6 Å². The number of rotatable bonds is 0. The summed E-state index contributed by atoms with van der Waals surface area (Å²) in [6.45, 7) is 5.97. The van der Waals surface area contributed by atoms with Crippen LogP contribution >= 0.6 is 23.4 Å². The normalized spacial score (nSPS) is 24.1. The van der Waals surface area contributed by atoms with E-state index in [1.807, 2.05) is 6.92 Å². The van der Waals surface area contributed by atoms with Crippen LogP contribution in [0.3, 0.4) is 0 Å². The van der Waals surface area contributed by atoms with Gasteiger partial charge in [-0.15, -0.1) is 11.8 Å². The number of halogens is 1. The van der Waals surface area contributed by atoms with Crippen LogP contribution in [0.25, 0.3) is 11.0 Å². The van der Waals surface area contributed by atoms with Crippen molar-refractivity contribution in [3.8, 4) is 0 Å². The molecule has 2 atom stereocenters. The number of thioether (sulfide) groups is 1. The van der Waals surface area contributed by atoms with E-state index in [1.165, 1.54) is 4.57 Å². The Morgan fingerprint density at radius 2 is 2.00 bits per heavy atom. The van der Waals surface area contributed by atoms with Crippen molar-refractivity contribution in [1.29, 1.82) is 0 Å². The first kappa shape index (κ1) is 16.2. The average Bonchev–Trinajstić information content (AvgIpc) is 2.67. The minimum atomic E-state index is -0.269. The first-order valence-corrected chi connectivity index (χ1v) is 9.41. The molecule has 0 radical (unpaired) electrons. The average molecular weight is 366 g/mol. The van der Waals surface area contributed by atoms with Gasteiger partial charge in [-0.25, -0.2) is 9.78 Å². The maximum atomic E-state index is 12.4. The summed E-state index contributed by atoms with van der Waals surface area (Å²) in [6.07, 6.45) is 0. The molecule has 2 aliphatic heterocycles. The minimum Gasteiger partial charge on any atom is -0.347 e. The Morgan fingerprint density at radius 3 is 2.75 bits per heavy atom. The molecule has 2 aromatic heterocycles. The predicted octanol–water partition coefficient (Wildman–Crippen LogP) is 1.90. The number of aromatic nitrogens is 3. The van der Waals surface area contributed by atoms with Gasteiger partial charge < -0.3 is 9.80 Å². The van der Waals surface area contributed by atoms with E-state index in [4.69, 9.17) is 11.6 Å². The zero-order chi connectivity index (χ0) is 17.2. The molecular weight excluding hydrogens is 346 g/mol. The van der Waals surface area contributed by atoms with Gasteiger partial charge in [-0.1, -0.05) is 11.6 Å². The van der Waals surface area contributed by atoms with Gasteiger partial charge in [0.05, 0.1) is 22.1 Å². The van der Waals surface area contributed by atoms with Crippen molar-refractivity contribution in [3.63, 3.8) is 0 Å². The van der Waals surface area contributed by atoms with Crippen molar-refractivity contribution >= 4 is 40.2 Å². The van der Waals surface area contributed by atoms with Crippen LogP contribution in [0.5, 0.6) is 0 Å². The fourth-order valence-electron chi connectivity index (χ4n) is 3.83. The van der Waals surface area contributed by atoms with Crippen molar-refractivity contribution in [3.05, 3.63) is 21.2 Å². The highest BCUT2D eigenvalue weighted by Gasteiger charge is 2.36. The van der Waals surface area contributed by atoms with E-state index in [1.54, 1.807) is 18.8 Å². The number of fused-ring (bicyclic) bond motifs is 2. The Bertz CT molecular complexity index is 898. The van der Waals surface area contributed by atoms with Crippen LogP contribution in [0.4, 0.5) is 5.82 Å². The molecule has 8 heteroatoms. The third kappa shape index (κ3) is 2.25. The second-order valence-electron chi connectivity index (χ2n) is 6.76. The van der Waals surface area contributed by atoms with Gasteiger partial charge in [0.2, 0.25) is 0 Å². The van der Waals surface area contributed by atoms with Crippen molar-refractivity contribution in [1.82, 2.24) is 19.4 Å². The molecule has 0 bridgehead atoms. The van der Waals surface area contributed by atoms with Gasteiger partial charge >= 0.3 is 5.69 Å². The lowest BCUT2D eigenvalue weighted by Gasteiger charge is -2.44. The van der Waals surface area contributed by atoms with E-state index in [0.717, 1.165) is 40.6 Å². The van der Waals surface area contributed by atoms with Gasteiger partial charge in [0.15, 0.2) is 0 Å². The number of nitrogens with zero attached hydrogens (tertiary/aromatic N) is 5. The number of aryl methyl sites for hydroxylation is 2. The maximum absolute atomic E-state index is 12.4. The predicted molar refractivity (Wildman–Crippen MR) is 98.5 cm³/mol. The first-order valence-electron chi connectivity index (χ1n) is 8.05. The standard InChI is InChI=1S/C16H20ClN5OS/c1-8-5-20(3)6-10-7-24-13-11-14(18-9(2)12(13)17)21(4)16(23)19-15(11)22(8)10/h8,10H,5-7H2,1-4H3. The van der Waals surface area contributed by atoms with Gasteiger partial charge in [-0.05, 0) is 20.9 Å². The maximum Gasteiger partial charge on any atom is 0.350 e. The summed E-state index contributed by atoms with van der Waals surface area (Å²) in [4.78, 5) is 27.1. The van der Waals surface area contributed by atoms with Gasteiger partial charge in [-0.2, -0.15) is 4.98 Å². The molecule has 2 aliphatic rings. The number of likely N-dealkylation sites (N-methyl/N-ethyl adjacent to an activating group) is 1. The molecule has 0 N–H and O–H groups in total. The Morgan fingerprint density at radius 1 is 1.25 bits per heavy atom. The molecule has 0 saturated carbocycles. The number of anilines is 1. The molecule has 6 nitrogen and oxygen atoms in total. The first-order chi connectivity index (χ1) is 11.4. The largest absolute Gasteiger partial charge is 0.350 e. The third-order valence-electron chi connectivity index (χ3n) is 4.90. The van der Waals surface area contributed by atoms with E-state index < -0.39 is 0 Å². The van der Waals surface area contributed by atoms with Gasteiger partial charge in [0, 0.05) is 36.8 Å². The Labute approximate surface area is 149 Å². The summed E-state index contributed by atoms with van der Waals surface area (Å²) in [5, 5.41) is 1.59. The second kappa shape index (κ2) is 5.61. The summed E-state index contributed by atoms with van der Waals surface area (Å²) < 4.78 is 1.52. The molecule has 24 heavy (non-hydrogen) atoms. The molecule has 0 aromatic carbocycles. The lowest BCUT2D eigenvalue weighted by Crippen LogP contribution is -2.58. The van der Waals surface area contributed by atoms with Crippen molar-refractivity contribution in [2.75, 3.05) is 30.8 Å². The van der Waals surface area contributed by atoms with E-state index >= 15 is 0 Å². The van der Waals surface area contributed by atoms with Crippen LogP contribution < -0.4 is 10.6 Å². The van der Waals surface area contributed by atoms with Crippen molar-refractivity contribution in [2.24, 2.45) is 7.05 Å². The summed E-state index contributed by atoms with van der Waals surface area (Å²) in [5.74, 6) is 1.66. The van der Waals surface area contributed by atoms with Gasteiger partial charge in [-0.3, -0.25) is 4.57 Å². The van der Waals surface area contributed by atoms with Crippen LogP contribution in [0.15, 0.2) is 9.69 Å². The fourth-order valence-corrected chi connectivity index (χ4v) is 5.36. The Kier molecular flexibility index (Phi) is 3.78.